The number of halogens is 3. The van der Waals surface area contributed by atoms with Crippen molar-refractivity contribution in [1.82, 2.24) is 0 Å². The quantitative estimate of drug-likeness (QED) is 0.906. The van der Waals surface area contributed by atoms with E-state index in [1.54, 1.807) is 0 Å². The minimum Gasteiger partial charge on any atom is -0.445 e. The number of rotatable bonds is 4. The summed E-state index contributed by atoms with van der Waals surface area (Å²) in [5, 5.41) is 7.84. The summed E-state index contributed by atoms with van der Waals surface area (Å²) < 4.78 is 56.9. The normalized spacial score (nSPS) is 11.6. The van der Waals surface area contributed by atoms with Gasteiger partial charge in [-0.2, -0.15) is 8.42 Å². The van der Waals surface area contributed by atoms with Gasteiger partial charge in [-0.25, -0.2) is 8.78 Å². The highest BCUT2D eigenvalue weighted by Gasteiger charge is 2.22. The lowest BCUT2D eigenvalue weighted by Crippen LogP contribution is -2.13. The van der Waals surface area contributed by atoms with Crippen LogP contribution >= 0.6 is 11.6 Å². The third-order valence-corrected chi connectivity index (χ3v) is 3.82. The van der Waals surface area contributed by atoms with Crippen LogP contribution in [0.25, 0.3) is 0 Å². The first-order chi connectivity index (χ1) is 9.33. The summed E-state index contributed by atoms with van der Waals surface area (Å²) in [7, 11) is -4.24. The lowest BCUT2D eigenvalue weighted by atomic mass is 10.3. The van der Waals surface area contributed by atoms with Gasteiger partial charge in [-0.05, 0) is 18.2 Å². The highest BCUT2D eigenvalue weighted by Crippen LogP contribution is 2.29. The van der Waals surface area contributed by atoms with Crippen molar-refractivity contribution in [3.05, 3.63) is 46.7 Å². The summed E-state index contributed by atoms with van der Waals surface area (Å²) >= 11 is 5.58. The molecule has 1 aromatic carbocycles. The van der Waals surface area contributed by atoms with Gasteiger partial charge in [0.25, 0.3) is 10.0 Å². The molecular weight excluding hydrogens is 316 g/mol. The van der Waals surface area contributed by atoms with Crippen LogP contribution in [0.3, 0.4) is 0 Å². The van der Waals surface area contributed by atoms with Gasteiger partial charge in [-0.3, -0.25) is 4.72 Å². The smallest absolute Gasteiger partial charge is 0.295 e. The fourth-order valence-corrected chi connectivity index (χ4v) is 2.75. The van der Waals surface area contributed by atoms with Gasteiger partial charge >= 0.3 is 0 Å². The number of anilines is 1. The average Bonchev–Trinajstić information content (AvgIpc) is 2.83. The molecule has 0 unspecified atom stereocenters. The van der Waals surface area contributed by atoms with Crippen LogP contribution in [-0.4, -0.2) is 13.5 Å². The van der Waals surface area contributed by atoms with Crippen LogP contribution in [0.2, 0.25) is 5.02 Å². The van der Waals surface area contributed by atoms with Crippen LogP contribution in [0.5, 0.6) is 0 Å². The van der Waals surface area contributed by atoms with Crippen molar-refractivity contribution in [2.75, 3.05) is 4.72 Å². The molecule has 0 fully saturated rings. The van der Waals surface area contributed by atoms with Crippen LogP contribution in [-0.2, 0) is 16.6 Å². The van der Waals surface area contributed by atoms with E-state index < -0.39 is 44.1 Å². The molecule has 20 heavy (non-hydrogen) atoms. The predicted molar refractivity (Wildman–Crippen MR) is 66.8 cm³/mol. The van der Waals surface area contributed by atoms with E-state index in [0.717, 1.165) is 12.1 Å². The third kappa shape index (κ3) is 2.92. The molecule has 0 spiro atoms. The number of hydrogen-bond acceptors (Lipinski definition) is 4. The van der Waals surface area contributed by atoms with E-state index in [1.165, 1.54) is 6.07 Å². The second kappa shape index (κ2) is 5.39. The minimum atomic E-state index is -4.24. The molecule has 2 aromatic rings. The molecular formula is C11H8ClF2NO4S. The van der Waals surface area contributed by atoms with Crippen molar-refractivity contribution in [3.63, 3.8) is 0 Å². The Balaban J connectivity index is 2.38. The van der Waals surface area contributed by atoms with Crippen LogP contribution in [0.4, 0.5) is 14.5 Å². The van der Waals surface area contributed by atoms with Crippen LogP contribution < -0.4 is 4.72 Å². The largest absolute Gasteiger partial charge is 0.445 e. The molecule has 0 saturated carbocycles. The van der Waals surface area contributed by atoms with Crippen LogP contribution in [0.15, 0.2) is 33.8 Å². The Morgan fingerprint density at radius 1 is 1.30 bits per heavy atom. The fraction of sp³-hybridized carbons (Fsp3) is 0.0909. The van der Waals surface area contributed by atoms with E-state index in [1.807, 2.05) is 4.72 Å². The van der Waals surface area contributed by atoms with Crippen molar-refractivity contribution in [3.8, 4) is 0 Å². The Morgan fingerprint density at radius 2 is 2.00 bits per heavy atom. The van der Waals surface area contributed by atoms with E-state index in [0.29, 0.717) is 6.07 Å². The standard InChI is InChI=1S/C11H8ClF2NO4S/c12-8-3-6(13)4-9(14)11(8)15-20(17,18)10-2-1-7(5-16)19-10/h1-4,15-16H,5H2. The lowest BCUT2D eigenvalue weighted by molar-refractivity contribution is 0.236. The maximum atomic E-state index is 13.5. The first-order valence-electron chi connectivity index (χ1n) is 5.20. The summed E-state index contributed by atoms with van der Waals surface area (Å²) in [6.45, 7) is -0.485. The molecule has 0 atom stereocenters. The summed E-state index contributed by atoms with van der Waals surface area (Å²) in [5.41, 5.74) is -0.588. The molecule has 1 aromatic heterocycles. The van der Waals surface area contributed by atoms with Crippen molar-refractivity contribution in [2.45, 2.75) is 11.7 Å². The SMILES string of the molecule is O=S(=O)(Nc1c(F)cc(F)cc1Cl)c1ccc(CO)o1. The van der Waals surface area contributed by atoms with Crippen LogP contribution in [0.1, 0.15) is 5.76 Å². The van der Waals surface area contributed by atoms with E-state index >= 15 is 0 Å². The molecule has 0 aliphatic heterocycles. The number of benzene rings is 1. The molecule has 0 aliphatic rings. The number of furan rings is 1. The Kier molecular flexibility index (Phi) is 3.98. The summed E-state index contributed by atoms with van der Waals surface area (Å²) in [5.74, 6) is -2.07. The molecule has 0 amide bonds. The zero-order chi connectivity index (χ0) is 14.9. The van der Waals surface area contributed by atoms with E-state index in [2.05, 4.69) is 0 Å². The number of aliphatic hydroxyl groups is 1. The second-order valence-electron chi connectivity index (χ2n) is 3.73. The van der Waals surface area contributed by atoms with Crippen molar-refractivity contribution in [1.29, 1.82) is 0 Å². The summed E-state index contributed by atoms with van der Waals surface area (Å²) in [4.78, 5) is 0. The molecule has 2 N–H and O–H groups in total. The van der Waals surface area contributed by atoms with Gasteiger partial charge in [-0.15, -0.1) is 0 Å². The Morgan fingerprint density at radius 3 is 2.55 bits per heavy atom. The molecule has 5 nitrogen and oxygen atoms in total. The van der Waals surface area contributed by atoms with Crippen molar-refractivity contribution in [2.24, 2.45) is 0 Å². The topological polar surface area (TPSA) is 79.5 Å². The van der Waals surface area contributed by atoms with Gasteiger partial charge in [-0.1, -0.05) is 11.6 Å². The van der Waals surface area contributed by atoms with Gasteiger partial charge in [0, 0.05) is 6.07 Å². The zero-order valence-electron chi connectivity index (χ0n) is 9.73. The van der Waals surface area contributed by atoms with E-state index in [4.69, 9.17) is 21.1 Å². The summed E-state index contributed by atoms with van der Waals surface area (Å²) in [6.07, 6.45) is 0. The number of sulfonamides is 1. The number of nitrogens with one attached hydrogen (secondary N) is 1. The first-order valence-corrected chi connectivity index (χ1v) is 7.06. The minimum absolute atomic E-state index is 0.0241. The monoisotopic (exact) mass is 323 g/mol. The molecule has 0 radical (unpaired) electrons. The van der Waals surface area contributed by atoms with Gasteiger partial charge in [0.05, 0.1) is 5.02 Å². The van der Waals surface area contributed by atoms with Gasteiger partial charge in [0.1, 0.15) is 23.9 Å². The number of hydrogen-bond donors (Lipinski definition) is 2. The van der Waals surface area contributed by atoms with E-state index in [9.17, 15) is 17.2 Å². The van der Waals surface area contributed by atoms with E-state index in [-0.39, 0.29) is 5.76 Å². The molecule has 0 bridgehead atoms. The van der Waals surface area contributed by atoms with Crippen LogP contribution in [0, 0.1) is 11.6 Å². The Labute approximate surface area is 117 Å². The second-order valence-corrected chi connectivity index (χ2v) is 5.75. The maximum Gasteiger partial charge on any atom is 0.295 e. The Hall–Kier alpha value is -1.64. The molecule has 108 valence electrons. The highest BCUT2D eigenvalue weighted by molar-refractivity contribution is 7.92. The van der Waals surface area contributed by atoms with Gasteiger partial charge in [0.15, 0.2) is 5.82 Å². The highest BCUT2D eigenvalue weighted by atomic mass is 35.5. The fourth-order valence-electron chi connectivity index (χ4n) is 1.41. The first kappa shape index (κ1) is 14.8. The average molecular weight is 324 g/mol. The summed E-state index contributed by atoms with van der Waals surface area (Å²) in [6, 6.07) is 3.59. The number of aliphatic hydroxyl groups excluding tert-OH is 1. The molecule has 0 aliphatic carbocycles. The molecule has 2 rings (SSSR count). The zero-order valence-corrected chi connectivity index (χ0v) is 11.3. The third-order valence-electron chi connectivity index (χ3n) is 2.30. The maximum absolute atomic E-state index is 13.5. The predicted octanol–water partition coefficient (Wildman–Crippen LogP) is 2.50. The Bertz CT molecular complexity index is 722. The molecule has 1 heterocycles. The van der Waals surface area contributed by atoms with Crippen molar-refractivity contribution < 1.29 is 26.7 Å². The molecule has 0 saturated heterocycles. The van der Waals surface area contributed by atoms with Gasteiger partial charge < -0.3 is 9.52 Å². The van der Waals surface area contributed by atoms with Gasteiger partial charge in [0.2, 0.25) is 5.09 Å². The lowest BCUT2D eigenvalue weighted by Gasteiger charge is -2.08. The van der Waals surface area contributed by atoms with Crippen molar-refractivity contribution >= 4 is 27.3 Å². The molecule has 9 heteroatoms.